The first-order valence-electron chi connectivity index (χ1n) is 8.84. The normalized spacial score (nSPS) is 15.1. The van der Waals surface area contributed by atoms with Crippen LogP contribution in [0, 0.1) is 0 Å². The number of nitrogens with zero attached hydrogens (tertiary/aromatic N) is 2. The van der Waals surface area contributed by atoms with E-state index >= 15 is 0 Å². The van der Waals surface area contributed by atoms with Crippen molar-refractivity contribution in [1.29, 1.82) is 0 Å². The Bertz CT molecular complexity index is 1300. The van der Waals surface area contributed by atoms with Crippen LogP contribution < -0.4 is 9.80 Å². The SMILES string of the molecule is O=C1c2ccc(Cl)cc2C(=O)N1c1ccc(N2C(=O)c3cccc(Cl)c3C2=O)cc1. The number of fused-ring (bicyclic) bond motifs is 2. The minimum absolute atomic E-state index is 0.158. The van der Waals surface area contributed by atoms with Gasteiger partial charge in [0.25, 0.3) is 23.6 Å². The summed E-state index contributed by atoms with van der Waals surface area (Å²) in [6.45, 7) is 0. The number of halogens is 2. The third-order valence-corrected chi connectivity index (χ3v) is 5.63. The summed E-state index contributed by atoms with van der Waals surface area (Å²) in [5, 5.41) is 0.561. The zero-order valence-electron chi connectivity index (χ0n) is 15.1. The van der Waals surface area contributed by atoms with Crippen LogP contribution in [0.25, 0.3) is 0 Å². The molecule has 146 valence electrons. The van der Waals surface area contributed by atoms with Gasteiger partial charge in [0.1, 0.15) is 0 Å². The van der Waals surface area contributed by atoms with Crippen molar-refractivity contribution in [3.8, 4) is 0 Å². The summed E-state index contributed by atoms with van der Waals surface area (Å²) >= 11 is 12.0. The van der Waals surface area contributed by atoms with Gasteiger partial charge in [-0.15, -0.1) is 0 Å². The number of carbonyl (C=O) groups excluding carboxylic acids is 4. The van der Waals surface area contributed by atoms with Crippen molar-refractivity contribution in [2.45, 2.75) is 0 Å². The van der Waals surface area contributed by atoms with Gasteiger partial charge in [-0.1, -0.05) is 29.3 Å². The van der Waals surface area contributed by atoms with Crippen molar-refractivity contribution in [2.75, 3.05) is 9.80 Å². The van der Waals surface area contributed by atoms with E-state index in [0.29, 0.717) is 16.4 Å². The van der Waals surface area contributed by atoms with Gasteiger partial charge in [-0.3, -0.25) is 19.2 Å². The molecule has 3 aromatic rings. The number of hydrogen-bond donors (Lipinski definition) is 0. The summed E-state index contributed by atoms with van der Waals surface area (Å²) in [5.74, 6) is -1.96. The zero-order chi connectivity index (χ0) is 21.2. The first-order valence-corrected chi connectivity index (χ1v) is 9.60. The van der Waals surface area contributed by atoms with E-state index in [-0.39, 0.29) is 27.3 Å². The number of rotatable bonds is 2. The molecule has 5 rings (SSSR count). The largest absolute Gasteiger partial charge is 0.268 e. The molecule has 0 aromatic heterocycles. The molecule has 0 radical (unpaired) electrons. The Morgan fingerprint density at radius 1 is 0.567 bits per heavy atom. The van der Waals surface area contributed by atoms with Crippen molar-refractivity contribution in [1.82, 2.24) is 0 Å². The van der Waals surface area contributed by atoms with Crippen molar-refractivity contribution in [3.05, 3.63) is 93.0 Å². The van der Waals surface area contributed by atoms with Gasteiger partial charge in [0.2, 0.25) is 0 Å². The fourth-order valence-corrected chi connectivity index (χ4v) is 4.10. The van der Waals surface area contributed by atoms with E-state index in [1.54, 1.807) is 24.3 Å². The number of hydrogen-bond acceptors (Lipinski definition) is 4. The Morgan fingerprint density at radius 2 is 1.13 bits per heavy atom. The molecule has 8 heteroatoms. The van der Waals surface area contributed by atoms with E-state index in [1.807, 2.05) is 0 Å². The van der Waals surface area contributed by atoms with Crippen LogP contribution in [-0.2, 0) is 0 Å². The molecule has 0 atom stereocenters. The number of imide groups is 2. The van der Waals surface area contributed by atoms with Crippen LogP contribution in [0.1, 0.15) is 41.4 Å². The second-order valence-electron chi connectivity index (χ2n) is 6.76. The highest BCUT2D eigenvalue weighted by molar-refractivity contribution is 6.42. The van der Waals surface area contributed by atoms with Crippen molar-refractivity contribution in [3.63, 3.8) is 0 Å². The molecule has 0 saturated carbocycles. The standard InChI is InChI=1S/C22H10Cl2N2O4/c23-11-4-9-14-16(10-11)21(29)25(19(14)27)12-5-7-13(8-6-12)26-20(28)15-2-1-3-17(24)18(15)22(26)30/h1-10H. The van der Waals surface area contributed by atoms with Crippen molar-refractivity contribution in [2.24, 2.45) is 0 Å². The van der Waals surface area contributed by atoms with E-state index < -0.39 is 23.6 Å². The molecule has 0 fully saturated rings. The molecule has 30 heavy (non-hydrogen) atoms. The van der Waals surface area contributed by atoms with Gasteiger partial charge in [0.15, 0.2) is 0 Å². The average molecular weight is 437 g/mol. The van der Waals surface area contributed by atoms with Gasteiger partial charge >= 0.3 is 0 Å². The quantitative estimate of drug-likeness (QED) is 0.550. The minimum atomic E-state index is -0.524. The van der Waals surface area contributed by atoms with Crippen LogP contribution in [0.2, 0.25) is 10.0 Å². The summed E-state index contributed by atoms with van der Waals surface area (Å²) in [4.78, 5) is 52.9. The molecule has 4 amide bonds. The Morgan fingerprint density at radius 3 is 1.77 bits per heavy atom. The minimum Gasteiger partial charge on any atom is -0.268 e. The molecule has 0 spiro atoms. The van der Waals surface area contributed by atoms with Gasteiger partial charge in [0.05, 0.1) is 38.7 Å². The average Bonchev–Trinajstić information content (AvgIpc) is 3.13. The third-order valence-electron chi connectivity index (χ3n) is 5.08. The summed E-state index contributed by atoms with van der Waals surface area (Å²) in [7, 11) is 0. The number of anilines is 2. The topological polar surface area (TPSA) is 74.8 Å². The van der Waals surface area contributed by atoms with Crippen LogP contribution in [0.3, 0.4) is 0 Å². The number of benzene rings is 3. The number of amides is 4. The highest BCUT2D eigenvalue weighted by Crippen LogP contribution is 2.35. The lowest BCUT2D eigenvalue weighted by atomic mass is 10.1. The molecule has 0 bridgehead atoms. The van der Waals surface area contributed by atoms with Gasteiger partial charge in [-0.25, -0.2) is 9.80 Å². The maximum Gasteiger partial charge on any atom is 0.267 e. The first kappa shape index (κ1) is 18.5. The predicted molar refractivity (Wildman–Crippen MR) is 112 cm³/mol. The fraction of sp³-hybridized carbons (Fsp3) is 0. The molecule has 0 aliphatic carbocycles. The summed E-state index contributed by atoms with van der Waals surface area (Å²) in [6.07, 6.45) is 0. The summed E-state index contributed by atoms with van der Waals surface area (Å²) < 4.78 is 0. The lowest BCUT2D eigenvalue weighted by molar-refractivity contribution is 0.0909. The number of carbonyl (C=O) groups is 4. The molecule has 0 N–H and O–H groups in total. The highest BCUT2D eigenvalue weighted by atomic mass is 35.5. The van der Waals surface area contributed by atoms with Gasteiger partial charge in [-0.05, 0) is 54.6 Å². The van der Waals surface area contributed by atoms with Crippen LogP contribution >= 0.6 is 23.2 Å². The Hall–Kier alpha value is -3.48. The molecule has 3 aromatic carbocycles. The molecular weight excluding hydrogens is 427 g/mol. The molecule has 0 saturated heterocycles. The lowest BCUT2D eigenvalue weighted by Gasteiger charge is -2.17. The maximum absolute atomic E-state index is 12.7. The fourth-order valence-electron chi connectivity index (χ4n) is 3.68. The van der Waals surface area contributed by atoms with Crippen LogP contribution in [0.5, 0.6) is 0 Å². The molecule has 6 nitrogen and oxygen atoms in total. The lowest BCUT2D eigenvalue weighted by Crippen LogP contribution is -2.30. The van der Waals surface area contributed by atoms with Crippen LogP contribution in [-0.4, -0.2) is 23.6 Å². The smallest absolute Gasteiger partial charge is 0.267 e. The molecule has 2 heterocycles. The van der Waals surface area contributed by atoms with Crippen LogP contribution in [0.15, 0.2) is 60.7 Å². The predicted octanol–water partition coefficient (Wildman–Crippen LogP) is 4.59. The van der Waals surface area contributed by atoms with E-state index in [4.69, 9.17) is 23.2 Å². The van der Waals surface area contributed by atoms with E-state index in [9.17, 15) is 19.2 Å². The second-order valence-corrected chi connectivity index (χ2v) is 7.60. The van der Waals surface area contributed by atoms with Crippen molar-refractivity contribution < 1.29 is 19.2 Å². The van der Waals surface area contributed by atoms with E-state index in [1.165, 1.54) is 36.4 Å². The Balaban J connectivity index is 1.49. The third kappa shape index (κ3) is 2.51. The molecule has 0 unspecified atom stereocenters. The van der Waals surface area contributed by atoms with E-state index in [2.05, 4.69) is 0 Å². The van der Waals surface area contributed by atoms with E-state index in [0.717, 1.165) is 9.80 Å². The van der Waals surface area contributed by atoms with Crippen LogP contribution in [0.4, 0.5) is 11.4 Å². The second kappa shape index (κ2) is 6.52. The zero-order valence-corrected chi connectivity index (χ0v) is 16.6. The molecule has 2 aliphatic heterocycles. The Labute approximate surface area is 180 Å². The molecule has 2 aliphatic rings. The maximum atomic E-state index is 12.7. The van der Waals surface area contributed by atoms with Crippen molar-refractivity contribution >= 4 is 58.2 Å². The first-order chi connectivity index (χ1) is 14.4. The van der Waals surface area contributed by atoms with Gasteiger partial charge in [0, 0.05) is 5.02 Å². The molecular formula is C22H10Cl2N2O4. The summed E-state index contributed by atoms with van der Waals surface area (Å²) in [6, 6.07) is 15.2. The Kier molecular flexibility index (Phi) is 4.03. The van der Waals surface area contributed by atoms with Gasteiger partial charge in [-0.2, -0.15) is 0 Å². The van der Waals surface area contributed by atoms with Gasteiger partial charge < -0.3 is 0 Å². The summed E-state index contributed by atoms with van der Waals surface area (Å²) in [5.41, 5.74) is 1.51. The highest BCUT2D eigenvalue weighted by Gasteiger charge is 2.39. The monoisotopic (exact) mass is 436 g/mol.